The third kappa shape index (κ3) is 5.11. The number of aldehydes is 1. The quantitative estimate of drug-likeness (QED) is 0.452. The average molecular weight is 274 g/mol. The van der Waals surface area contributed by atoms with Crippen LogP contribution in [0.4, 0.5) is 0 Å². The molecule has 1 heteroatoms. The number of rotatable bonds is 7. The molecular weight excluding hydrogens is 244 g/mol. The average Bonchev–Trinajstić information content (AvgIpc) is 2.39. The standard InChI is InChI=1S/C19H30O/c1-16(2)9-7-12-18-11-5-6-13-19(18,15-20)14-8-10-17(3)4/h6-8,12-18H,5,9-11H2,1-4H3. The van der Waals surface area contributed by atoms with Gasteiger partial charge in [0, 0.05) is 0 Å². The van der Waals surface area contributed by atoms with Gasteiger partial charge in [0.15, 0.2) is 0 Å². The van der Waals surface area contributed by atoms with E-state index in [2.05, 4.69) is 64.2 Å². The maximum absolute atomic E-state index is 11.7. The number of carbonyl (C=O) groups is 1. The van der Waals surface area contributed by atoms with Gasteiger partial charge in [-0.25, -0.2) is 0 Å². The summed E-state index contributed by atoms with van der Waals surface area (Å²) in [7, 11) is 0. The molecule has 1 nitrogen and oxygen atoms in total. The van der Waals surface area contributed by atoms with Crippen LogP contribution in [0.25, 0.3) is 0 Å². The van der Waals surface area contributed by atoms with Gasteiger partial charge < -0.3 is 4.79 Å². The van der Waals surface area contributed by atoms with Crippen molar-refractivity contribution in [2.45, 2.75) is 53.4 Å². The SMILES string of the molecule is CC(C)CC=CC1CCC=CC1(C=O)C=CCC(C)C. The van der Waals surface area contributed by atoms with E-state index in [1.54, 1.807) is 0 Å². The minimum Gasteiger partial charge on any atom is -0.302 e. The van der Waals surface area contributed by atoms with E-state index >= 15 is 0 Å². The van der Waals surface area contributed by atoms with Gasteiger partial charge in [0.2, 0.25) is 0 Å². The highest BCUT2D eigenvalue weighted by atomic mass is 16.1. The molecule has 1 aliphatic rings. The van der Waals surface area contributed by atoms with E-state index in [9.17, 15) is 4.79 Å². The smallest absolute Gasteiger partial charge is 0.134 e. The van der Waals surface area contributed by atoms with Crippen LogP contribution in [0.15, 0.2) is 36.5 Å². The fourth-order valence-electron chi connectivity index (χ4n) is 2.60. The summed E-state index contributed by atoms with van der Waals surface area (Å²) in [5, 5.41) is 0. The van der Waals surface area contributed by atoms with Crippen molar-refractivity contribution < 1.29 is 4.79 Å². The lowest BCUT2D eigenvalue weighted by atomic mass is 9.70. The molecule has 0 aromatic rings. The number of allylic oxidation sites excluding steroid dienone is 6. The van der Waals surface area contributed by atoms with Gasteiger partial charge in [-0.15, -0.1) is 0 Å². The molecule has 0 saturated heterocycles. The van der Waals surface area contributed by atoms with Gasteiger partial charge >= 0.3 is 0 Å². The Labute approximate surface area is 124 Å². The lowest BCUT2D eigenvalue weighted by molar-refractivity contribution is -0.113. The summed E-state index contributed by atoms with van der Waals surface area (Å²) in [5.41, 5.74) is -0.416. The van der Waals surface area contributed by atoms with Gasteiger partial charge in [0.05, 0.1) is 5.41 Å². The molecule has 0 fully saturated rings. The first-order valence-corrected chi connectivity index (χ1v) is 7.98. The summed E-state index contributed by atoms with van der Waals surface area (Å²) in [6, 6.07) is 0. The lowest BCUT2D eigenvalue weighted by Gasteiger charge is -2.32. The first-order chi connectivity index (χ1) is 9.50. The molecule has 0 radical (unpaired) electrons. The van der Waals surface area contributed by atoms with E-state index in [1.807, 2.05) is 0 Å². The normalized spacial score (nSPS) is 27.2. The van der Waals surface area contributed by atoms with Gasteiger partial charge in [-0.2, -0.15) is 0 Å². The maximum atomic E-state index is 11.7. The van der Waals surface area contributed by atoms with Gasteiger partial charge in [-0.05, 0) is 43.4 Å². The van der Waals surface area contributed by atoms with Crippen LogP contribution in [0.3, 0.4) is 0 Å². The van der Waals surface area contributed by atoms with Crippen molar-refractivity contribution >= 4 is 6.29 Å². The molecule has 0 saturated carbocycles. The maximum Gasteiger partial charge on any atom is 0.134 e. The van der Waals surface area contributed by atoms with E-state index in [1.165, 1.54) is 0 Å². The van der Waals surface area contributed by atoms with E-state index < -0.39 is 5.41 Å². The van der Waals surface area contributed by atoms with Gasteiger partial charge in [0.25, 0.3) is 0 Å². The van der Waals surface area contributed by atoms with Crippen LogP contribution < -0.4 is 0 Å². The van der Waals surface area contributed by atoms with E-state index in [0.29, 0.717) is 17.8 Å². The predicted molar refractivity (Wildman–Crippen MR) is 87.6 cm³/mol. The van der Waals surface area contributed by atoms with Gasteiger partial charge in [-0.3, -0.25) is 0 Å². The van der Waals surface area contributed by atoms with Crippen molar-refractivity contribution in [3.8, 4) is 0 Å². The van der Waals surface area contributed by atoms with Crippen molar-refractivity contribution in [2.24, 2.45) is 23.2 Å². The molecule has 0 amide bonds. The molecule has 0 aromatic heterocycles. The Morgan fingerprint density at radius 3 is 2.40 bits per heavy atom. The van der Waals surface area contributed by atoms with E-state index in [4.69, 9.17) is 0 Å². The number of carbonyl (C=O) groups excluding carboxylic acids is 1. The number of hydrogen-bond donors (Lipinski definition) is 0. The molecule has 2 unspecified atom stereocenters. The zero-order valence-electron chi connectivity index (χ0n) is 13.5. The zero-order chi connectivity index (χ0) is 15.0. The second-order valence-corrected chi connectivity index (χ2v) is 6.79. The minimum atomic E-state index is -0.416. The molecule has 0 spiro atoms. The zero-order valence-corrected chi connectivity index (χ0v) is 13.5. The molecule has 1 aliphatic carbocycles. The molecule has 0 aliphatic heterocycles. The Kier molecular flexibility index (Phi) is 6.98. The number of hydrogen-bond acceptors (Lipinski definition) is 1. The fraction of sp³-hybridized carbons (Fsp3) is 0.632. The van der Waals surface area contributed by atoms with Gasteiger partial charge in [0.1, 0.15) is 6.29 Å². The topological polar surface area (TPSA) is 17.1 Å². The van der Waals surface area contributed by atoms with E-state index in [0.717, 1.165) is 32.0 Å². The highest BCUT2D eigenvalue weighted by molar-refractivity contribution is 5.68. The Morgan fingerprint density at radius 2 is 1.80 bits per heavy atom. The third-order valence-electron chi connectivity index (χ3n) is 3.89. The van der Waals surface area contributed by atoms with Crippen molar-refractivity contribution in [1.82, 2.24) is 0 Å². The molecule has 20 heavy (non-hydrogen) atoms. The summed E-state index contributed by atoms with van der Waals surface area (Å²) in [5.74, 6) is 1.62. The Morgan fingerprint density at radius 1 is 1.15 bits per heavy atom. The van der Waals surface area contributed by atoms with Crippen LogP contribution in [0.2, 0.25) is 0 Å². The molecule has 2 atom stereocenters. The molecule has 0 bridgehead atoms. The summed E-state index contributed by atoms with van der Waals surface area (Å²) in [6.45, 7) is 8.85. The first-order valence-electron chi connectivity index (χ1n) is 7.98. The fourth-order valence-corrected chi connectivity index (χ4v) is 2.60. The second kappa shape index (κ2) is 8.24. The largest absolute Gasteiger partial charge is 0.302 e. The molecular formula is C19H30O. The Bertz CT molecular complexity index is 373. The van der Waals surface area contributed by atoms with Crippen molar-refractivity contribution in [2.75, 3.05) is 0 Å². The molecule has 0 aromatic carbocycles. The Balaban J connectivity index is 2.84. The summed E-state index contributed by atoms with van der Waals surface area (Å²) in [4.78, 5) is 11.7. The van der Waals surface area contributed by atoms with Crippen LogP contribution >= 0.6 is 0 Å². The molecule has 1 rings (SSSR count). The summed E-state index contributed by atoms with van der Waals surface area (Å²) < 4.78 is 0. The molecule has 112 valence electrons. The van der Waals surface area contributed by atoms with Crippen LogP contribution in [0, 0.1) is 23.2 Å². The van der Waals surface area contributed by atoms with Crippen LogP contribution in [0.1, 0.15) is 53.4 Å². The summed E-state index contributed by atoms with van der Waals surface area (Å²) in [6.07, 6.45) is 18.5. The molecule has 0 heterocycles. The second-order valence-electron chi connectivity index (χ2n) is 6.79. The minimum absolute atomic E-state index is 0.312. The first kappa shape index (κ1) is 16.9. The van der Waals surface area contributed by atoms with Crippen LogP contribution in [0.5, 0.6) is 0 Å². The third-order valence-corrected chi connectivity index (χ3v) is 3.89. The lowest BCUT2D eigenvalue weighted by Crippen LogP contribution is -2.29. The predicted octanol–water partition coefficient (Wildman–Crippen LogP) is 5.34. The summed E-state index contributed by atoms with van der Waals surface area (Å²) >= 11 is 0. The monoisotopic (exact) mass is 274 g/mol. The van der Waals surface area contributed by atoms with Crippen LogP contribution in [-0.2, 0) is 4.79 Å². The molecule has 0 N–H and O–H groups in total. The van der Waals surface area contributed by atoms with Crippen molar-refractivity contribution in [3.63, 3.8) is 0 Å². The van der Waals surface area contributed by atoms with Gasteiger partial charge in [-0.1, -0.05) is 64.2 Å². The Hall–Kier alpha value is -1.11. The van der Waals surface area contributed by atoms with Crippen molar-refractivity contribution in [3.05, 3.63) is 36.5 Å². The van der Waals surface area contributed by atoms with Crippen LogP contribution in [-0.4, -0.2) is 6.29 Å². The van der Waals surface area contributed by atoms with E-state index in [-0.39, 0.29) is 0 Å². The highest BCUT2D eigenvalue weighted by Crippen LogP contribution is 2.38. The highest BCUT2D eigenvalue weighted by Gasteiger charge is 2.33. The van der Waals surface area contributed by atoms with Crippen molar-refractivity contribution in [1.29, 1.82) is 0 Å².